The van der Waals surface area contributed by atoms with E-state index in [1.54, 1.807) is 31.2 Å². The smallest absolute Gasteiger partial charge is 0.321 e. The highest BCUT2D eigenvalue weighted by Gasteiger charge is 2.23. The van der Waals surface area contributed by atoms with E-state index in [9.17, 15) is 13.2 Å². The van der Waals surface area contributed by atoms with Gasteiger partial charge in [0.15, 0.2) is 15.6 Å². The van der Waals surface area contributed by atoms with E-state index in [0.29, 0.717) is 5.39 Å². The van der Waals surface area contributed by atoms with Gasteiger partial charge in [-0.3, -0.25) is 4.79 Å². The summed E-state index contributed by atoms with van der Waals surface area (Å²) in [6, 6.07) is 7.03. The summed E-state index contributed by atoms with van der Waals surface area (Å²) in [5.41, 5.74) is 0.722. The molecule has 0 aliphatic heterocycles. The third-order valence-electron chi connectivity index (χ3n) is 2.50. The van der Waals surface area contributed by atoms with Crippen molar-refractivity contribution < 1.29 is 17.9 Å². The number of benzene rings is 1. The van der Waals surface area contributed by atoms with Crippen LogP contribution < -0.4 is 0 Å². The van der Waals surface area contributed by atoms with Crippen molar-refractivity contribution in [3.8, 4) is 0 Å². The Hall–Kier alpha value is -1.82. The summed E-state index contributed by atoms with van der Waals surface area (Å²) in [6.45, 7) is 1.80. The number of esters is 1. The minimum atomic E-state index is -3.67. The van der Waals surface area contributed by atoms with Crippen molar-refractivity contribution >= 4 is 26.7 Å². The second-order valence-electron chi connectivity index (χ2n) is 3.76. The van der Waals surface area contributed by atoms with E-state index in [1.807, 2.05) is 0 Å². The van der Waals surface area contributed by atoms with Gasteiger partial charge in [0.25, 0.3) is 0 Å². The molecule has 0 saturated carbocycles. The first-order valence-electron chi connectivity index (χ1n) is 5.49. The number of H-pyrrole nitrogens is 1. The van der Waals surface area contributed by atoms with Gasteiger partial charge in [-0.15, -0.1) is 0 Å². The fourth-order valence-electron chi connectivity index (χ4n) is 1.74. The standard InChI is InChI=1S/C12H13NO4S/c1-2-17-12(14)8-18(15,16)11-7-13-10-6-4-3-5-9(10)11/h3-7,13H,2,8H2,1H3. The number of para-hydroxylation sites is 1. The van der Waals surface area contributed by atoms with E-state index in [2.05, 4.69) is 9.72 Å². The zero-order chi connectivity index (χ0) is 13.2. The molecular formula is C12H13NO4S. The molecule has 0 radical (unpaired) electrons. The van der Waals surface area contributed by atoms with E-state index in [-0.39, 0.29) is 11.5 Å². The Morgan fingerprint density at radius 3 is 2.78 bits per heavy atom. The number of carbonyl (C=O) groups is 1. The van der Waals surface area contributed by atoms with Crippen molar-refractivity contribution in [1.82, 2.24) is 4.98 Å². The van der Waals surface area contributed by atoms with Crippen LogP contribution in [-0.2, 0) is 19.4 Å². The SMILES string of the molecule is CCOC(=O)CS(=O)(=O)c1c[nH]c2ccccc12. The van der Waals surface area contributed by atoms with Gasteiger partial charge in [0.2, 0.25) is 0 Å². The molecule has 0 aliphatic carbocycles. The summed E-state index contributed by atoms with van der Waals surface area (Å²) in [7, 11) is -3.67. The highest BCUT2D eigenvalue weighted by atomic mass is 32.2. The lowest BCUT2D eigenvalue weighted by molar-refractivity contribution is -0.139. The highest BCUT2D eigenvalue weighted by Crippen LogP contribution is 2.23. The zero-order valence-corrected chi connectivity index (χ0v) is 10.7. The van der Waals surface area contributed by atoms with Crippen molar-refractivity contribution in [2.45, 2.75) is 11.8 Å². The molecule has 0 spiro atoms. The van der Waals surface area contributed by atoms with E-state index in [4.69, 9.17) is 0 Å². The quantitative estimate of drug-likeness (QED) is 0.852. The number of nitrogens with one attached hydrogen (secondary N) is 1. The van der Waals surface area contributed by atoms with Crippen molar-refractivity contribution in [2.75, 3.05) is 12.4 Å². The Bertz CT molecular complexity index is 672. The summed E-state index contributed by atoms with van der Waals surface area (Å²) in [4.78, 5) is 14.3. The molecule has 0 saturated heterocycles. The van der Waals surface area contributed by atoms with E-state index in [1.165, 1.54) is 6.20 Å². The van der Waals surface area contributed by atoms with Crippen LogP contribution in [0.5, 0.6) is 0 Å². The summed E-state index contributed by atoms with van der Waals surface area (Å²) in [5, 5.41) is 0.585. The first kappa shape index (κ1) is 12.6. The first-order valence-corrected chi connectivity index (χ1v) is 7.14. The fraction of sp³-hybridized carbons (Fsp3) is 0.250. The second-order valence-corrected chi connectivity index (χ2v) is 5.72. The molecule has 5 nitrogen and oxygen atoms in total. The fourth-order valence-corrected chi connectivity index (χ4v) is 3.04. The minimum absolute atomic E-state index is 0.131. The second kappa shape index (κ2) is 4.81. The average Bonchev–Trinajstić information content (AvgIpc) is 2.72. The van der Waals surface area contributed by atoms with Gasteiger partial charge in [-0.25, -0.2) is 8.42 Å². The van der Waals surface area contributed by atoms with Gasteiger partial charge < -0.3 is 9.72 Å². The molecule has 96 valence electrons. The van der Waals surface area contributed by atoms with Crippen molar-refractivity contribution in [3.05, 3.63) is 30.5 Å². The zero-order valence-electron chi connectivity index (χ0n) is 9.84. The lowest BCUT2D eigenvalue weighted by atomic mass is 10.2. The minimum Gasteiger partial charge on any atom is -0.465 e. The number of ether oxygens (including phenoxy) is 1. The molecule has 6 heteroatoms. The predicted molar refractivity (Wildman–Crippen MR) is 67.0 cm³/mol. The van der Waals surface area contributed by atoms with E-state index in [0.717, 1.165) is 5.52 Å². The van der Waals surface area contributed by atoms with Crippen molar-refractivity contribution in [3.63, 3.8) is 0 Å². The number of hydrogen-bond donors (Lipinski definition) is 1. The topological polar surface area (TPSA) is 76.2 Å². The summed E-state index contributed by atoms with van der Waals surface area (Å²) in [6.07, 6.45) is 1.40. The van der Waals surface area contributed by atoms with Crippen LogP contribution in [-0.4, -0.2) is 31.7 Å². The summed E-state index contributed by atoms with van der Waals surface area (Å²) >= 11 is 0. The molecule has 0 bridgehead atoms. The monoisotopic (exact) mass is 267 g/mol. The largest absolute Gasteiger partial charge is 0.465 e. The summed E-state index contributed by atoms with van der Waals surface area (Å²) < 4.78 is 28.8. The Morgan fingerprint density at radius 1 is 1.33 bits per heavy atom. The first-order chi connectivity index (χ1) is 8.54. The van der Waals surface area contributed by atoms with Gasteiger partial charge in [-0.05, 0) is 13.0 Å². The molecule has 0 aliphatic rings. The molecule has 2 aromatic rings. The lowest BCUT2D eigenvalue weighted by Crippen LogP contribution is -2.18. The summed E-state index contributed by atoms with van der Waals surface area (Å²) in [5.74, 6) is -1.37. The van der Waals surface area contributed by atoms with Crippen LogP contribution in [0.4, 0.5) is 0 Å². The van der Waals surface area contributed by atoms with Gasteiger partial charge in [-0.1, -0.05) is 18.2 Å². The maximum Gasteiger partial charge on any atom is 0.321 e. The Kier molecular flexibility index (Phi) is 3.38. The molecule has 2 rings (SSSR count). The van der Waals surface area contributed by atoms with Gasteiger partial charge in [0.05, 0.1) is 11.5 Å². The third kappa shape index (κ3) is 2.38. The molecule has 0 amide bonds. The average molecular weight is 267 g/mol. The Balaban J connectivity index is 2.38. The van der Waals surface area contributed by atoms with Crippen LogP contribution in [0.25, 0.3) is 10.9 Å². The van der Waals surface area contributed by atoms with Gasteiger partial charge in [0.1, 0.15) is 0 Å². The molecule has 0 fully saturated rings. The molecular weight excluding hydrogens is 254 g/mol. The lowest BCUT2D eigenvalue weighted by Gasteiger charge is -2.03. The Labute approximate surface area is 105 Å². The van der Waals surface area contributed by atoms with Crippen LogP contribution >= 0.6 is 0 Å². The predicted octanol–water partition coefficient (Wildman–Crippen LogP) is 1.50. The van der Waals surface area contributed by atoms with Crippen LogP contribution in [0.15, 0.2) is 35.4 Å². The van der Waals surface area contributed by atoms with Crippen LogP contribution in [0.1, 0.15) is 6.92 Å². The Morgan fingerprint density at radius 2 is 2.06 bits per heavy atom. The molecule has 1 N–H and O–H groups in total. The number of sulfone groups is 1. The van der Waals surface area contributed by atoms with Crippen LogP contribution in [0.3, 0.4) is 0 Å². The maximum absolute atomic E-state index is 12.1. The van der Waals surface area contributed by atoms with Gasteiger partial charge in [-0.2, -0.15) is 0 Å². The molecule has 0 atom stereocenters. The van der Waals surface area contributed by atoms with Gasteiger partial charge in [0, 0.05) is 17.1 Å². The molecule has 1 heterocycles. The maximum atomic E-state index is 12.1. The molecule has 0 unspecified atom stereocenters. The molecule has 1 aromatic carbocycles. The van der Waals surface area contributed by atoms with Gasteiger partial charge >= 0.3 is 5.97 Å². The number of aromatic nitrogens is 1. The van der Waals surface area contributed by atoms with Crippen molar-refractivity contribution in [1.29, 1.82) is 0 Å². The number of hydrogen-bond acceptors (Lipinski definition) is 4. The number of aromatic amines is 1. The molecule has 18 heavy (non-hydrogen) atoms. The van der Waals surface area contributed by atoms with Crippen molar-refractivity contribution in [2.24, 2.45) is 0 Å². The molecule has 1 aromatic heterocycles. The van der Waals surface area contributed by atoms with Crippen LogP contribution in [0, 0.1) is 0 Å². The van der Waals surface area contributed by atoms with E-state index < -0.39 is 21.6 Å². The normalized spacial score (nSPS) is 11.6. The van der Waals surface area contributed by atoms with Crippen LogP contribution in [0.2, 0.25) is 0 Å². The number of carbonyl (C=O) groups excluding carboxylic acids is 1. The highest BCUT2D eigenvalue weighted by molar-refractivity contribution is 7.92. The third-order valence-corrected chi connectivity index (χ3v) is 4.12. The number of fused-ring (bicyclic) bond motifs is 1. The van der Waals surface area contributed by atoms with E-state index >= 15 is 0 Å². The number of rotatable bonds is 4.